The molecule has 2 aromatic rings. The van der Waals surface area contributed by atoms with Crippen molar-refractivity contribution >= 4 is 21.7 Å². The van der Waals surface area contributed by atoms with E-state index in [0.29, 0.717) is 12.2 Å². The van der Waals surface area contributed by atoms with E-state index in [1.54, 1.807) is 4.68 Å². The largest absolute Gasteiger partial charge is 0.486 e. The van der Waals surface area contributed by atoms with Gasteiger partial charge in [0, 0.05) is 7.05 Å². The van der Waals surface area contributed by atoms with Gasteiger partial charge >= 0.3 is 0 Å². The lowest BCUT2D eigenvalue weighted by Crippen LogP contribution is -2.16. The molecule has 19 heavy (non-hydrogen) atoms. The van der Waals surface area contributed by atoms with Crippen LogP contribution in [-0.4, -0.2) is 22.2 Å². The highest BCUT2D eigenvalue weighted by Gasteiger charge is 2.14. The zero-order valence-corrected chi connectivity index (χ0v) is 12.5. The first kappa shape index (κ1) is 13.8. The summed E-state index contributed by atoms with van der Waals surface area (Å²) in [5.41, 5.74) is 1.76. The summed E-state index contributed by atoms with van der Waals surface area (Å²) < 4.78 is 8.05. The summed E-state index contributed by atoms with van der Waals surface area (Å²) in [5, 5.41) is 4.26. The van der Waals surface area contributed by atoms with Crippen LogP contribution in [0.1, 0.15) is 11.4 Å². The molecular weight excluding hydrogens is 308 g/mol. The zero-order valence-electron chi connectivity index (χ0n) is 10.9. The summed E-state index contributed by atoms with van der Waals surface area (Å²) in [4.78, 5) is 11.9. The highest BCUT2D eigenvalue weighted by molar-refractivity contribution is 9.10. The number of aryl methyl sites for hydroxylation is 2. The first-order valence-electron chi connectivity index (χ1n) is 5.95. The van der Waals surface area contributed by atoms with Crippen LogP contribution in [0.2, 0.25) is 0 Å². The molecular formula is C14H15BrN2O2. The Balaban J connectivity index is 1.95. The van der Waals surface area contributed by atoms with Gasteiger partial charge in [0.2, 0.25) is 0 Å². The minimum atomic E-state index is 0.0209. The molecule has 0 aliphatic rings. The number of rotatable bonds is 5. The monoisotopic (exact) mass is 322 g/mol. The molecule has 0 unspecified atom stereocenters. The Morgan fingerprint density at radius 1 is 1.37 bits per heavy atom. The smallest absolute Gasteiger partial charge is 0.176 e. The third-order valence-electron chi connectivity index (χ3n) is 2.77. The molecule has 5 heteroatoms. The van der Waals surface area contributed by atoms with E-state index in [1.807, 2.05) is 44.3 Å². The number of hydrogen-bond acceptors (Lipinski definition) is 3. The maximum atomic E-state index is 11.9. The molecule has 0 atom stereocenters. The van der Waals surface area contributed by atoms with Crippen molar-refractivity contribution in [3.8, 4) is 5.75 Å². The first-order valence-corrected chi connectivity index (χ1v) is 6.74. The van der Waals surface area contributed by atoms with E-state index < -0.39 is 0 Å². The van der Waals surface area contributed by atoms with Crippen LogP contribution in [0.3, 0.4) is 0 Å². The fourth-order valence-corrected chi connectivity index (χ4v) is 2.27. The molecule has 0 aliphatic heterocycles. The van der Waals surface area contributed by atoms with Crippen molar-refractivity contribution in [3.05, 3.63) is 46.2 Å². The van der Waals surface area contributed by atoms with Gasteiger partial charge in [0.1, 0.15) is 12.4 Å². The topological polar surface area (TPSA) is 44.1 Å². The van der Waals surface area contributed by atoms with Crippen LogP contribution < -0.4 is 4.74 Å². The lowest BCUT2D eigenvalue weighted by Gasteiger charge is -2.06. The van der Waals surface area contributed by atoms with Gasteiger partial charge in [-0.05, 0) is 35.0 Å². The average molecular weight is 323 g/mol. The van der Waals surface area contributed by atoms with E-state index in [0.717, 1.165) is 15.9 Å². The fourth-order valence-electron chi connectivity index (χ4n) is 1.79. The second kappa shape index (κ2) is 6.02. The molecule has 4 nitrogen and oxygen atoms in total. The molecule has 0 saturated heterocycles. The summed E-state index contributed by atoms with van der Waals surface area (Å²) in [6.07, 6.45) is 0.310. The van der Waals surface area contributed by atoms with Gasteiger partial charge in [0.25, 0.3) is 0 Å². The van der Waals surface area contributed by atoms with Crippen molar-refractivity contribution in [1.82, 2.24) is 9.78 Å². The van der Waals surface area contributed by atoms with Gasteiger partial charge in [-0.25, -0.2) is 0 Å². The zero-order chi connectivity index (χ0) is 13.8. The first-order chi connectivity index (χ1) is 9.08. The van der Waals surface area contributed by atoms with Crippen molar-refractivity contribution in [3.63, 3.8) is 0 Å². The highest BCUT2D eigenvalue weighted by atomic mass is 79.9. The third-order valence-corrected chi connectivity index (χ3v) is 3.80. The number of benzene rings is 1. The summed E-state index contributed by atoms with van der Waals surface area (Å²) in [6.45, 7) is 1.97. The van der Waals surface area contributed by atoms with E-state index in [2.05, 4.69) is 21.0 Å². The maximum Gasteiger partial charge on any atom is 0.176 e. The van der Waals surface area contributed by atoms with Crippen molar-refractivity contribution in [2.75, 3.05) is 6.61 Å². The van der Waals surface area contributed by atoms with Crippen LogP contribution >= 0.6 is 15.9 Å². The van der Waals surface area contributed by atoms with Crippen LogP contribution in [0.4, 0.5) is 0 Å². The van der Waals surface area contributed by atoms with Crippen molar-refractivity contribution in [2.45, 2.75) is 13.3 Å². The van der Waals surface area contributed by atoms with E-state index >= 15 is 0 Å². The van der Waals surface area contributed by atoms with Gasteiger partial charge in [-0.2, -0.15) is 5.10 Å². The predicted molar refractivity (Wildman–Crippen MR) is 76.3 cm³/mol. The Labute approximate surface area is 120 Å². The molecule has 0 bridgehead atoms. The second-order valence-electron chi connectivity index (χ2n) is 4.29. The maximum absolute atomic E-state index is 11.9. The van der Waals surface area contributed by atoms with Gasteiger partial charge in [0.05, 0.1) is 22.3 Å². The van der Waals surface area contributed by atoms with Crippen molar-refractivity contribution in [1.29, 1.82) is 0 Å². The second-order valence-corrected chi connectivity index (χ2v) is 5.08. The van der Waals surface area contributed by atoms with Crippen LogP contribution in [-0.2, 0) is 18.3 Å². The van der Waals surface area contributed by atoms with E-state index in [9.17, 15) is 4.79 Å². The molecule has 0 aliphatic carbocycles. The third kappa shape index (κ3) is 3.44. The lowest BCUT2D eigenvalue weighted by atomic mass is 10.2. The molecule has 1 aromatic carbocycles. The number of Topliss-reactive ketones (excluding diaryl/α,β-unsaturated/α-hetero) is 1. The van der Waals surface area contributed by atoms with Gasteiger partial charge in [-0.3, -0.25) is 9.48 Å². The van der Waals surface area contributed by atoms with Gasteiger partial charge in [-0.1, -0.05) is 18.2 Å². The van der Waals surface area contributed by atoms with Crippen LogP contribution in [0.15, 0.2) is 34.8 Å². The number of aromatic nitrogens is 2. The van der Waals surface area contributed by atoms with Gasteiger partial charge in [0.15, 0.2) is 5.78 Å². The Kier molecular flexibility index (Phi) is 4.37. The fraction of sp³-hybridized carbons (Fsp3) is 0.286. The normalized spacial score (nSPS) is 10.5. The summed E-state index contributed by atoms with van der Waals surface area (Å²) in [5.74, 6) is 0.726. The number of halogens is 1. The molecule has 1 heterocycles. The minimum Gasteiger partial charge on any atom is -0.486 e. The molecule has 100 valence electrons. The molecule has 2 rings (SSSR count). The Bertz CT molecular complexity index is 579. The molecule has 0 fully saturated rings. The Morgan fingerprint density at radius 3 is 2.63 bits per heavy atom. The van der Waals surface area contributed by atoms with E-state index in [-0.39, 0.29) is 12.4 Å². The lowest BCUT2D eigenvalue weighted by molar-refractivity contribution is -0.120. The predicted octanol–water partition coefficient (Wildman–Crippen LogP) is 2.68. The molecule has 0 N–H and O–H groups in total. The van der Waals surface area contributed by atoms with Crippen molar-refractivity contribution < 1.29 is 9.53 Å². The minimum absolute atomic E-state index is 0.0209. The number of para-hydroxylation sites is 1. The Morgan fingerprint density at radius 2 is 2.05 bits per heavy atom. The molecule has 0 saturated carbocycles. The average Bonchev–Trinajstić information content (AvgIpc) is 2.64. The van der Waals surface area contributed by atoms with Crippen LogP contribution in [0, 0.1) is 6.92 Å². The number of ketones is 1. The van der Waals surface area contributed by atoms with E-state index in [1.165, 1.54) is 0 Å². The molecule has 0 spiro atoms. The van der Waals surface area contributed by atoms with E-state index in [4.69, 9.17) is 4.74 Å². The number of hydrogen-bond donors (Lipinski definition) is 0. The SMILES string of the molecule is Cc1nn(C)c(CC(=O)COc2ccccc2)c1Br. The molecule has 1 aromatic heterocycles. The quantitative estimate of drug-likeness (QED) is 0.850. The molecule has 0 radical (unpaired) electrons. The van der Waals surface area contributed by atoms with Crippen LogP contribution in [0.5, 0.6) is 5.75 Å². The molecule has 0 amide bonds. The van der Waals surface area contributed by atoms with Crippen molar-refractivity contribution in [2.24, 2.45) is 7.05 Å². The summed E-state index contributed by atoms with van der Waals surface area (Å²) in [7, 11) is 1.83. The summed E-state index contributed by atoms with van der Waals surface area (Å²) in [6, 6.07) is 9.32. The standard InChI is InChI=1S/C14H15BrN2O2/c1-10-14(15)13(17(2)16-10)8-11(18)9-19-12-6-4-3-5-7-12/h3-7H,8-9H2,1-2H3. The highest BCUT2D eigenvalue weighted by Crippen LogP contribution is 2.20. The van der Waals surface area contributed by atoms with Crippen LogP contribution in [0.25, 0.3) is 0 Å². The number of ether oxygens (including phenoxy) is 1. The number of carbonyl (C=O) groups excluding carboxylic acids is 1. The number of carbonyl (C=O) groups is 1. The van der Waals surface area contributed by atoms with Gasteiger partial charge < -0.3 is 4.74 Å². The Hall–Kier alpha value is -1.62. The summed E-state index contributed by atoms with van der Waals surface area (Å²) >= 11 is 3.45. The number of nitrogens with zero attached hydrogens (tertiary/aromatic N) is 2. The van der Waals surface area contributed by atoms with Gasteiger partial charge in [-0.15, -0.1) is 0 Å².